The first kappa shape index (κ1) is 23.9. The van der Waals surface area contributed by atoms with Gasteiger partial charge in [0.2, 0.25) is 0 Å². The van der Waals surface area contributed by atoms with Crippen molar-refractivity contribution in [2.24, 2.45) is 56.7 Å². The van der Waals surface area contributed by atoms with Gasteiger partial charge in [-0.15, -0.1) is 0 Å². The highest BCUT2D eigenvalue weighted by atomic mass is 16.4. The normalized spacial score (nSPS) is 55.0. The van der Waals surface area contributed by atoms with Crippen LogP contribution in [0, 0.1) is 56.7 Å². The van der Waals surface area contributed by atoms with Crippen molar-refractivity contribution in [2.75, 3.05) is 0 Å². The number of aliphatic hydroxyl groups is 1. The zero-order chi connectivity index (χ0) is 24.2. The molecule has 0 amide bonds. The van der Waals surface area contributed by atoms with Crippen molar-refractivity contribution in [2.45, 2.75) is 112 Å². The van der Waals surface area contributed by atoms with Gasteiger partial charge in [0.15, 0.2) is 0 Å². The van der Waals surface area contributed by atoms with E-state index in [0.717, 1.165) is 38.5 Å². The molecular weight excluding hydrogens is 408 g/mol. The molecule has 0 bridgehead atoms. The summed E-state index contributed by atoms with van der Waals surface area (Å²) in [5.74, 6) is 1.79. The molecule has 3 heteroatoms. The number of carboxylic acid groups (broad SMARTS) is 1. The van der Waals surface area contributed by atoms with Crippen LogP contribution in [0.5, 0.6) is 0 Å². The molecule has 0 heterocycles. The van der Waals surface area contributed by atoms with Gasteiger partial charge in [-0.3, -0.25) is 4.79 Å². The highest BCUT2D eigenvalue weighted by molar-refractivity contribution is 5.76. The number of fused-ring (bicyclic) bond motifs is 7. The minimum atomic E-state index is -0.538. The molecule has 5 fully saturated rings. The zero-order valence-corrected chi connectivity index (χ0v) is 22.0. The highest BCUT2D eigenvalue weighted by Gasteiger charge is 2.71. The van der Waals surface area contributed by atoms with Gasteiger partial charge in [-0.2, -0.15) is 0 Å². The largest absolute Gasteiger partial charge is 0.481 e. The summed E-state index contributed by atoms with van der Waals surface area (Å²) in [5.41, 5.74) is 1.35. The zero-order valence-electron chi connectivity index (χ0n) is 22.0. The number of aliphatic hydroxyl groups excluding tert-OH is 1. The van der Waals surface area contributed by atoms with Crippen LogP contribution < -0.4 is 0 Å². The molecule has 0 aromatic carbocycles. The Kier molecular flexibility index (Phi) is 5.15. The van der Waals surface area contributed by atoms with E-state index in [2.05, 4.69) is 48.1 Å². The lowest BCUT2D eigenvalue weighted by molar-refractivity contribution is -0.248. The van der Waals surface area contributed by atoms with Gasteiger partial charge in [0.25, 0.3) is 0 Å². The Hall–Kier alpha value is -0.830. The molecule has 0 aromatic rings. The second-order valence-corrected chi connectivity index (χ2v) is 14.5. The summed E-state index contributed by atoms with van der Waals surface area (Å²) in [7, 11) is 0. The monoisotopic (exact) mass is 456 g/mol. The van der Waals surface area contributed by atoms with Crippen LogP contribution in [0.1, 0.15) is 106 Å². The van der Waals surface area contributed by atoms with Crippen LogP contribution in [0.4, 0.5) is 0 Å². The maximum absolute atomic E-state index is 12.8. The van der Waals surface area contributed by atoms with Crippen molar-refractivity contribution in [3.8, 4) is 0 Å². The quantitative estimate of drug-likeness (QED) is 0.436. The van der Waals surface area contributed by atoms with Crippen LogP contribution in [0.25, 0.3) is 0 Å². The number of hydrogen-bond acceptors (Lipinski definition) is 2. The molecule has 0 saturated heterocycles. The molecule has 0 unspecified atom stereocenters. The molecule has 0 aromatic heterocycles. The summed E-state index contributed by atoms with van der Waals surface area (Å²) in [5, 5.41) is 21.4. The fourth-order valence-corrected chi connectivity index (χ4v) is 11.5. The van der Waals surface area contributed by atoms with Crippen molar-refractivity contribution in [3.05, 3.63) is 12.2 Å². The Bertz CT molecular complexity index is 861. The number of rotatable bonds is 2. The lowest BCUT2D eigenvalue weighted by atomic mass is 9.32. The molecule has 2 N–H and O–H groups in total. The first-order chi connectivity index (χ1) is 15.3. The number of carbonyl (C=O) groups is 1. The number of allylic oxidation sites excluding steroid dienone is 1. The van der Waals surface area contributed by atoms with Gasteiger partial charge in [0.1, 0.15) is 0 Å². The molecule has 10 atom stereocenters. The summed E-state index contributed by atoms with van der Waals surface area (Å²) in [4.78, 5) is 12.8. The topological polar surface area (TPSA) is 57.5 Å². The van der Waals surface area contributed by atoms with Gasteiger partial charge in [-0.1, -0.05) is 46.8 Å². The maximum atomic E-state index is 12.8. The fourth-order valence-electron chi connectivity index (χ4n) is 11.5. The van der Waals surface area contributed by atoms with E-state index in [9.17, 15) is 15.0 Å². The second kappa shape index (κ2) is 7.11. The van der Waals surface area contributed by atoms with Gasteiger partial charge >= 0.3 is 5.97 Å². The average molecular weight is 457 g/mol. The Morgan fingerprint density at radius 2 is 1.52 bits per heavy atom. The summed E-state index contributed by atoms with van der Waals surface area (Å²) < 4.78 is 0. The standard InChI is InChI=1S/C30H48O3/c1-18(2)19-10-15-30(25(32)33)17-16-28(6)20(24(19)30)8-9-22-27(5)13-12-23(31)26(3,4)21(27)11-14-29(22,28)7/h19-24,31H,1,8-17H2,2-7H3,(H,32,33)/t19-,20-,21-,22-,23-,24+,27+,28+,29+,30-/m0/s1. The molecule has 33 heavy (non-hydrogen) atoms. The maximum Gasteiger partial charge on any atom is 0.309 e. The van der Waals surface area contributed by atoms with Crippen LogP contribution in [-0.4, -0.2) is 22.3 Å². The van der Waals surface area contributed by atoms with E-state index >= 15 is 0 Å². The molecule has 186 valence electrons. The van der Waals surface area contributed by atoms with E-state index in [4.69, 9.17) is 0 Å². The Morgan fingerprint density at radius 3 is 2.15 bits per heavy atom. The number of hydrogen-bond donors (Lipinski definition) is 2. The van der Waals surface area contributed by atoms with Crippen molar-refractivity contribution in [3.63, 3.8) is 0 Å². The molecule has 5 aliphatic carbocycles. The van der Waals surface area contributed by atoms with Crippen LogP contribution in [-0.2, 0) is 4.79 Å². The van der Waals surface area contributed by atoms with Crippen LogP contribution in [0.3, 0.4) is 0 Å². The molecule has 5 saturated carbocycles. The minimum Gasteiger partial charge on any atom is -0.481 e. The first-order valence-electron chi connectivity index (χ1n) is 13.8. The van der Waals surface area contributed by atoms with Gasteiger partial charge in [-0.05, 0) is 122 Å². The SMILES string of the molecule is C=C(C)[C@@H]1CC[C@]2(C(=O)O)CC[C@]3(C)[C@@H](CC[C@H]4[C@]5(C)CC[C@H](O)C(C)(C)[C@@H]5CC[C@]43C)[C@@H]12. The van der Waals surface area contributed by atoms with Crippen LogP contribution >= 0.6 is 0 Å². The Balaban J connectivity index is 1.57. The van der Waals surface area contributed by atoms with Gasteiger partial charge in [-0.25, -0.2) is 0 Å². The molecule has 0 spiro atoms. The minimum absolute atomic E-state index is 0.0202. The van der Waals surface area contributed by atoms with Crippen LogP contribution in [0.15, 0.2) is 12.2 Å². The van der Waals surface area contributed by atoms with Crippen molar-refractivity contribution in [1.29, 1.82) is 0 Å². The summed E-state index contributed by atoms with van der Waals surface area (Å²) in [6.07, 6.45) is 10.5. The van der Waals surface area contributed by atoms with E-state index in [1.54, 1.807) is 0 Å². The first-order valence-corrected chi connectivity index (χ1v) is 13.8. The fraction of sp³-hybridized carbons (Fsp3) is 0.900. The van der Waals surface area contributed by atoms with E-state index < -0.39 is 11.4 Å². The number of carboxylic acids is 1. The lowest BCUT2D eigenvalue weighted by Gasteiger charge is -2.72. The molecule has 0 radical (unpaired) electrons. The third kappa shape index (κ3) is 2.75. The average Bonchev–Trinajstić information content (AvgIpc) is 3.13. The molecule has 5 rings (SSSR count). The van der Waals surface area contributed by atoms with Gasteiger partial charge in [0.05, 0.1) is 11.5 Å². The summed E-state index contributed by atoms with van der Waals surface area (Å²) in [6.45, 7) is 18.8. The second-order valence-electron chi connectivity index (χ2n) is 14.5. The van der Waals surface area contributed by atoms with Crippen molar-refractivity contribution in [1.82, 2.24) is 0 Å². The van der Waals surface area contributed by atoms with Gasteiger partial charge in [0, 0.05) is 0 Å². The van der Waals surface area contributed by atoms with E-state index in [0.29, 0.717) is 23.7 Å². The van der Waals surface area contributed by atoms with Crippen molar-refractivity contribution < 1.29 is 15.0 Å². The smallest absolute Gasteiger partial charge is 0.309 e. The lowest BCUT2D eigenvalue weighted by Crippen LogP contribution is -2.67. The van der Waals surface area contributed by atoms with Crippen LogP contribution in [0.2, 0.25) is 0 Å². The third-order valence-electron chi connectivity index (χ3n) is 13.5. The molecule has 0 aliphatic heterocycles. The number of aliphatic carboxylic acids is 1. The predicted octanol–water partition coefficient (Wildman–Crippen LogP) is 7.09. The van der Waals surface area contributed by atoms with E-state index in [1.807, 2.05) is 0 Å². The Labute approximate surface area is 201 Å². The summed E-state index contributed by atoms with van der Waals surface area (Å²) in [6, 6.07) is 0. The summed E-state index contributed by atoms with van der Waals surface area (Å²) >= 11 is 0. The third-order valence-corrected chi connectivity index (χ3v) is 13.5. The highest BCUT2D eigenvalue weighted by Crippen LogP contribution is 2.77. The van der Waals surface area contributed by atoms with E-state index in [1.165, 1.54) is 31.3 Å². The van der Waals surface area contributed by atoms with Gasteiger partial charge < -0.3 is 10.2 Å². The Morgan fingerprint density at radius 1 is 0.818 bits per heavy atom. The predicted molar refractivity (Wildman–Crippen MR) is 133 cm³/mol. The molecule has 5 aliphatic rings. The van der Waals surface area contributed by atoms with E-state index in [-0.39, 0.29) is 33.7 Å². The van der Waals surface area contributed by atoms with Crippen molar-refractivity contribution >= 4 is 5.97 Å². The molecular formula is C30H48O3. The molecule has 3 nitrogen and oxygen atoms in total.